The zero-order chi connectivity index (χ0) is 32.7. The van der Waals surface area contributed by atoms with Crippen molar-refractivity contribution in [2.24, 2.45) is 5.92 Å². The number of halogens is 8. The van der Waals surface area contributed by atoms with Gasteiger partial charge in [-0.2, -0.15) is 26.3 Å². The Hall–Kier alpha value is -3.75. The predicted octanol–water partition coefficient (Wildman–Crippen LogP) is 6.61. The van der Waals surface area contributed by atoms with Gasteiger partial charge in [0, 0.05) is 37.4 Å². The van der Waals surface area contributed by atoms with Crippen LogP contribution in [0.15, 0.2) is 58.0 Å². The summed E-state index contributed by atoms with van der Waals surface area (Å²) in [5.74, 6) is -2.46. The van der Waals surface area contributed by atoms with Gasteiger partial charge in [-0.1, -0.05) is 18.2 Å². The normalized spacial score (nSPS) is 22.2. The zero-order valence-electron chi connectivity index (χ0n) is 23.1. The van der Waals surface area contributed by atoms with Crippen molar-refractivity contribution in [1.82, 2.24) is 4.90 Å². The van der Waals surface area contributed by atoms with Crippen LogP contribution in [-0.4, -0.2) is 50.5 Å². The second-order valence-corrected chi connectivity index (χ2v) is 13.7. The van der Waals surface area contributed by atoms with Crippen molar-refractivity contribution in [3.05, 3.63) is 88.1 Å². The lowest BCUT2D eigenvalue weighted by molar-refractivity contribution is -0.348. The molecule has 0 saturated carbocycles. The maximum absolute atomic E-state index is 15.0. The number of Topliss-reactive ketones (excluding diaryl/α,β-unsaturated/α-hetero) is 1. The van der Waals surface area contributed by atoms with Crippen LogP contribution in [0.4, 0.5) is 35.1 Å². The Morgan fingerprint density at radius 3 is 2.24 bits per heavy atom. The van der Waals surface area contributed by atoms with Crippen LogP contribution in [0.1, 0.15) is 62.4 Å². The van der Waals surface area contributed by atoms with E-state index >= 15 is 4.39 Å². The van der Waals surface area contributed by atoms with Gasteiger partial charge in [0.2, 0.25) is 0 Å². The molecule has 15 heteroatoms. The van der Waals surface area contributed by atoms with Crippen LogP contribution >= 0.6 is 0 Å². The van der Waals surface area contributed by atoms with Crippen LogP contribution in [0.5, 0.6) is 0 Å². The Morgan fingerprint density at radius 2 is 1.60 bits per heavy atom. The summed E-state index contributed by atoms with van der Waals surface area (Å²) < 4.78 is 142. The Bertz CT molecular complexity index is 1800. The number of rotatable bonds is 4. The number of hydrogen-bond donors (Lipinski definition) is 0. The first-order valence-electron chi connectivity index (χ1n) is 13.8. The average molecular weight is 662 g/mol. The number of likely N-dealkylation sites (tertiary alicyclic amines) is 1. The van der Waals surface area contributed by atoms with E-state index in [1.165, 1.54) is 0 Å². The summed E-state index contributed by atoms with van der Waals surface area (Å²) >= 11 is 0. The molecule has 2 unspecified atom stereocenters. The number of nitrogens with zero attached hydrogens (tertiary/aromatic N) is 1. The van der Waals surface area contributed by atoms with Crippen LogP contribution in [0, 0.1) is 11.7 Å². The third kappa shape index (κ3) is 4.43. The molecule has 240 valence electrons. The maximum atomic E-state index is 15.0. The topological polar surface area (TPSA) is 84.7 Å². The molecule has 2 heterocycles. The molecule has 2 atom stereocenters. The Kier molecular flexibility index (Phi) is 7.03. The molecule has 45 heavy (non-hydrogen) atoms. The fourth-order valence-corrected chi connectivity index (χ4v) is 9.30. The molecule has 1 amide bonds. The first kappa shape index (κ1) is 31.2. The molecule has 1 aliphatic heterocycles. The van der Waals surface area contributed by atoms with Crippen LogP contribution < -0.4 is 0 Å². The van der Waals surface area contributed by atoms with E-state index in [9.17, 15) is 48.7 Å². The lowest BCUT2D eigenvalue weighted by Gasteiger charge is -2.40. The highest BCUT2D eigenvalue weighted by Gasteiger charge is 2.73. The molecule has 6 nitrogen and oxygen atoms in total. The molecule has 3 aliphatic rings. The Labute approximate surface area is 250 Å². The van der Waals surface area contributed by atoms with E-state index in [4.69, 9.17) is 4.42 Å². The van der Waals surface area contributed by atoms with E-state index in [2.05, 4.69) is 0 Å². The van der Waals surface area contributed by atoms with Gasteiger partial charge in [0.1, 0.15) is 22.6 Å². The highest BCUT2D eigenvalue weighted by Crippen LogP contribution is 2.56. The van der Waals surface area contributed by atoms with Crippen molar-refractivity contribution in [2.75, 3.05) is 13.1 Å². The van der Waals surface area contributed by atoms with E-state index in [1.807, 2.05) is 0 Å². The summed E-state index contributed by atoms with van der Waals surface area (Å²) in [6, 6.07) is 5.06. The fraction of sp³-hybridized carbons (Fsp3) is 0.400. The molecule has 6 rings (SSSR count). The Morgan fingerprint density at radius 1 is 0.933 bits per heavy atom. The highest BCUT2D eigenvalue weighted by molar-refractivity contribution is 7.92. The highest BCUT2D eigenvalue weighted by atomic mass is 32.2. The number of furan rings is 1. The molecule has 0 radical (unpaired) electrons. The quantitative estimate of drug-likeness (QED) is 0.232. The van der Waals surface area contributed by atoms with Gasteiger partial charge in [-0.25, -0.2) is 17.2 Å². The second-order valence-electron chi connectivity index (χ2n) is 11.5. The van der Waals surface area contributed by atoms with Gasteiger partial charge in [-0.15, -0.1) is 0 Å². The largest absolute Gasteiger partial charge is 0.468 e. The third-order valence-corrected chi connectivity index (χ3v) is 11.6. The number of aryl methyl sites for hydroxylation is 2. The van der Waals surface area contributed by atoms with E-state index in [1.54, 1.807) is 0 Å². The van der Waals surface area contributed by atoms with Gasteiger partial charge in [0.25, 0.3) is 5.91 Å². The fourth-order valence-electron chi connectivity index (χ4n) is 6.94. The number of alkyl halides is 7. The summed E-state index contributed by atoms with van der Waals surface area (Å²) in [6.45, 7) is -0.803. The van der Waals surface area contributed by atoms with Crippen molar-refractivity contribution < 1.29 is 57.5 Å². The zero-order valence-corrected chi connectivity index (χ0v) is 23.9. The van der Waals surface area contributed by atoms with Gasteiger partial charge in [-0.3, -0.25) is 9.59 Å². The van der Waals surface area contributed by atoms with Crippen LogP contribution in [0.3, 0.4) is 0 Å². The van der Waals surface area contributed by atoms with Crippen molar-refractivity contribution in [3.8, 4) is 0 Å². The first-order valence-corrected chi connectivity index (χ1v) is 15.3. The molecular formula is C30H23F8NO5S. The van der Waals surface area contributed by atoms with E-state index < -0.39 is 67.3 Å². The number of hydrogen-bond acceptors (Lipinski definition) is 5. The van der Waals surface area contributed by atoms with Crippen LogP contribution in [0.25, 0.3) is 0 Å². The minimum Gasteiger partial charge on any atom is -0.468 e. The molecular weight excluding hydrogens is 638 g/mol. The van der Waals surface area contributed by atoms with Gasteiger partial charge in [0.15, 0.2) is 15.6 Å². The molecule has 0 N–H and O–H groups in total. The van der Waals surface area contributed by atoms with Crippen molar-refractivity contribution in [2.45, 2.75) is 59.8 Å². The van der Waals surface area contributed by atoms with Crippen molar-refractivity contribution in [1.29, 1.82) is 0 Å². The summed E-state index contributed by atoms with van der Waals surface area (Å²) in [6.07, 6.45) is -10.9. The maximum Gasteiger partial charge on any atom is 0.435 e. The average Bonchev–Trinajstić information content (AvgIpc) is 3.59. The summed E-state index contributed by atoms with van der Waals surface area (Å²) in [7, 11) is -4.65. The predicted molar refractivity (Wildman–Crippen MR) is 140 cm³/mol. The summed E-state index contributed by atoms with van der Waals surface area (Å²) in [5, 5.41) is 0. The lowest BCUT2D eigenvalue weighted by Crippen LogP contribution is -2.51. The number of sulfone groups is 1. The molecule has 1 aromatic heterocycles. The van der Waals surface area contributed by atoms with Gasteiger partial charge >= 0.3 is 18.0 Å². The monoisotopic (exact) mass is 661 g/mol. The minimum atomic E-state index is -6.38. The van der Waals surface area contributed by atoms with Crippen LogP contribution in [0.2, 0.25) is 0 Å². The lowest BCUT2D eigenvalue weighted by atomic mass is 9.75. The van der Waals surface area contributed by atoms with Gasteiger partial charge < -0.3 is 9.32 Å². The number of benzene rings is 2. The number of fused-ring (bicyclic) bond motifs is 4. The van der Waals surface area contributed by atoms with Crippen molar-refractivity contribution >= 4 is 21.5 Å². The summed E-state index contributed by atoms with van der Waals surface area (Å²) in [5.41, 5.74) is -7.96. The number of carbonyl (C=O) groups is 2. The summed E-state index contributed by atoms with van der Waals surface area (Å²) in [4.78, 5) is 27.2. The van der Waals surface area contributed by atoms with E-state index in [0.717, 1.165) is 41.5 Å². The SMILES string of the molecule is O=C1CCCc2occ(C(=O)N3CC4CCc5cc(C(F)(C(F)(F)F)C(F)(F)F)ccc5C4(S(=O)(=O)c4ccc(F)cc4)C3)c21. The number of carbonyl (C=O) groups excluding carboxylic acids is 2. The van der Waals surface area contributed by atoms with Crippen LogP contribution in [-0.2, 0) is 33.1 Å². The number of amides is 1. The first-order chi connectivity index (χ1) is 20.9. The Balaban J connectivity index is 1.51. The minimum absolute atomic E-state index is 0.0835. The van der Waals surface area contributed by atoms with E-state index in [0.29, 0.717) is 24.7 Å². The second kappa shape index (κ2) is 10.1. The smallest absolute Gasteiger partial charge is 0.435 e. The molecule has 3 aromatic rings. The number of ketones is 1. The molecule has 0 bridgehead atoms. The molecule has 1 saturated heterocycles. The van der Waals surface area contributed by atoms with E-state index in [-0.39, 0.29) is 59.9 Å². The molecule has 2 aliphatic carbocycles. The van der Waals surface area contributed by atoms with Gasteiger partial charge in [-0.05, 0) is 54.7 Å². The molecule has 0 spiro atoms. The third-order valence-electron chi connectivity index (χ3n) is 9.10. The standard InChI is InChI=1S/C30H23F8NO5S/c31-19-7-9-20(10-8-19)45(42,43)27-15-39(26(41)21-14-44-24-3-1-2-23(40)25(21)24)13-18(27)5-4-16-12-17(6-11-22(16)27)28(32,29(33,34)35)30(36,37)38/h6-12,14,18H,1-5,13,15H2. The van der Waals surface area contributed by atoms with Gasteiger partial charge in [0.05, 0.1) is 16.0 Å². The molecule has 1 fully saturated rings. The molecule has 2 aromatic carbocycles. The van der Waals surface area contributed by atoms with Crippen molar-refractivity contribution in [3.63, 3.8) is 0 Å².